The summed E-state index contributed by atoms with van der Waals surface area (Å²) >= 11 is 5.67. The first-order valence-corrected chi connectivity index (χ1v) is 6.49. The minimum atomic E-state index is -0.405. The van der Waals surface area contributed by atoms with Crippen molar-refractivity contribution in [1.29, 1.82) is 0 Å². The predicted octanol–water partition coefficient (Wildman–Crippen LogP) is 4.24. The van der Waals surface area contributed by atoms with Crippen molar-refractivity contribution in [3.8, 4) is 0 Å². The van der Waals surface area contributed by atoms with Crippen molar-refractivity contribution < 1.29 is 9.13 Å². The maximum absolute atomic E-state index is 13.4. The molecular formula is C14H19ClFNO. The molecule has 1 heterocycles. The first-order valence-electron chi connectivity index (χ1n) is 6.11. The van der Waals surface area contributed by atoms with Crippen LogP contribution >= 0.6 is 11.6 Å². The normalized spacial score (nSPS) is 25.1. The van der Waals surface area contributed by atoms with E-state index in [0.717, 1.165) is 12.1 Å². The van der Waals surface area contributed by atoms with Gasteiger partial charge in [0.25, 0.3) is 0 Å². The Kier molecular flexibility index (Phi) is 3.32. The topological polar surface area (TPSA) is 21.3 Å². The van der Waals surface area contributed by atoms with Crippen molar-refractivity contribution in [2.45, 2.75) is 51.4 Å². The molecule has 1 aromatic rings. The quantitative estimate of drug-likeness (QED) is 0.869. The molecule has 100 valence electrons. The average Bonchev–Trinajstić information content (AvgIpc) is 2.40. The van der Waals surface area contributed by atoms with E-state index in [9.17, 15) is 4.39 Å². The lowest BCUT2D eigenvalue weighted by atomic mass is 9.94. The highest BCUT2D eigenvalue weighted by Gasteiger charge is 2.45. The van der Waals surface area contributed by atoms with E-state index in [4.69, 9.17) is 16.3 Å². The Morgan fingerprint density at radius 2 is 2.00 bits per heavy atom. The van der Waals surface area contributed by atoms with Crippen LogP contribution in [0.4, 0.5) is 10.1 Å². The Morgan fingerprint density at radius 1 is 1.33 bits per heavy atom. The molecule has 0 radical (unpaired) electrons. The molecule has 1 aliphatic heterocycles. The molecule has 0 bridgehead atoms. The molecule has 4 heteroatoms. The lowest BCUT2D eigenvalue weighted by Gasteiger charge is -2.28. The standard InChI is InChI=1S/C14H19ClFNO/c1-13(2)8-12(14(3,4)18-13)17-9-5-6-10(15)11(16)7-9/h5-7,12,17H,8H2,1-4H3. The van der Waals surface area contributed by atoms with E-state index in [-0.39, 0.29) is 22.3 Å². The van der Waals surface area contributed by atoms with Gasteiger partial charge in [0, 0.05) is 5.69 Å². The number of hydrogen-bond donors (Lipinski definition) is 1. The zero-order valence-electron chi connectivity index (χ0n) is 11.2. The molecule has 2 rings (SSSR count). The minimum Gasteiger partial charge on any atom is -0.379 e. The molecule has 0 saturated carbocycles. The highest BCUT2D eigenvalue weighted by molar-refractivity contribution is 6.30. The Bertz CT molecular complexity index is 459. The molecule has 1 unspecified atom stereocenters. The van der Waals surface area contributed by atoms with Gasteiger partial charge in [-0.25, -0.2) is 4.39 Å². The van der Waals surface area contributed by atoms with Gasteiger partial charge in [0.1, 0.15) is 5.82 Å². The Labute approximate surface area is 112 Å². The highest BCUT2D eigenvalue weighted by Crippen LogP contribution is 2.39. The first kappa shape index (κ1) is 13.6. The van der Waals surface area contributed by atoms with Gasteiger partial charge in [-0.1, -0.05) is 11.6 Å². The van der Waals surface area contributed by atoms with Crippen LogP contribution in [0.1, 0.15) is 34.1 Å². The summed E-state index contributed by atoms with van der Waals surface area (Å²) in [6.07, 6.45) is 0.879. The second kappa shape index (κ2) is 4.39. The average molecular weight is 272 g/mol. The van der Waals surface area contributed by atoms with Crippen LogP contribution in [0.5, 0.6) is 0 Å². The van der Waals surface area contributed by atoms with E-state index in [1.165, 1.54) is 6.07 Å². The summed E-state index contributed by atoms with van der Waals surface area (Å²) in [5, 5.41) is 3.47. The van der Waals surface area contributed by atoms with Crippen molar-refractivity contribution in [1.82, 2.24) is 0 Å². The van der Waals surface area contributed by atoms with E-state index in [1.54, 1.807) is 12.1 Å². The fourth-order valence-corrected chi connectivity index (χ4v) is 2.69. The Hall–Kier alpha value is -0.800. The molecule has 2 nitrogen and oxygen atoms in total. The SMILES string of the molecule is CC1(C)CC(Nc2ccc(Cl)c(F)c2)C(C)(C)O1. The molecule has 1 fully saturated rings. The van der Waals surface area contributed by atoms with Crippen molar-refractivity contribution in [2.24, 2.45) is 0 Å². The van der Waals surface area contributed by atoms with Gasteiger partial charge < -0.3 is 10.1 Å². The number of anilines is 1. The predicted molar refractivity (Wildman–Crippen MR) is 72.7 cm³/mol. The van der Waals surface area contributed by atoms with E-state index in [2.05, 4.69) is 19.2 Å². The van der Waals surface area contributed by atoms with Crippen molar-refractivity contribution in [2.75, 3.05) is 5.32 Å². The lowest BCUT2D eigenvalue weighted by Crippen LogP contribution is -2.38. The van der Waals surface area contributed by atoms with Crippen LogP contribution in [-0.4, -0.2) is 17.2 Å². The van der Waals surface area contributed by atoms with Crippen LogP contribution in [0.2, 0.25) is 5.02 Å². The van der Waals surface area contributed by atoms with Gasteiger partial charge in [-0.05, 0) is 52.3 Å². The number of ether oxygens (including phenoxy) is 1. The largest absolute Gasteiger partial charge is 0.379 e. The van der Waals surface area contributed by atoms with Gasteiger partial charge in [0.05, 0.1) is 22.3 Å². The fraction of sp³-hybridized carbons (Fsp3) is 0.571. The van der Waals surface area contributed by atoms with Crippen LogP contribution in [0.15, 0.2) is 18.2 Å². The van der Waals surface area contributed by atoms with Gasteiger partial charge in [-0.15, -0.1) is 0 Å². The van der Waals surface area contributed by atoms with Gasteiger partial charge in [-0.3, -0.25) is 0 Å². The van der Waals surface area contributed by atoms with E-state index >= 15 is 0 Å². The van der Waals surface area contributed by atoms with Crippen molar-refractivity contribution in [3.63, 3.8) is 0 Å². The monoisotopic (exact) mass is 271 g/mol. The molecule has 0 spiro atoms. The number of rotatable bonds is 2. The summed E-state index contributed by atoms with van der Waals surface area (Å²) in [6, 6.07) is 4.91. The zero-order valence-corrected chi connectivity index (χ0v) is 11.9. The maximum Gasteiger partial charge on any atom is 0.143 e. The summed E-state index contributed by atoms with van der Waals surface area (Å²) in [5.41, 5.74) is 0.294. The first-order chi connectivity index (χ1) is 8.20. The summed E-state index contributed by atoms with van der Waals surface area (Å²) in [7, 11) is 0. The van der Waals surface area contributed by atoms with E-state index in [0.29, 0.717) is 0 Å². The van der Waals surface area contributed by atoms with Crippen molar-refractivity contribution in [3.05, 3.63) is 29.0 Å². The van der Waals surface area contributed by atoms with Crippen LogP contribution in [-0.2, 0) is 4.74 Å². The highest BCUT2D eigenvalue weighted by atomic mass is 35.5. The fourth-order valence-electron chi connectivity index (χ4n) is 2.57. The molecule has 1 aliphatic rings. The molecule has 0 aromatic heterocycles. The molecule has 0 amide bonds. The molecule has 1 aromatic carbocycles. The van der Waals surface area contributed by atoms with Gasteiger partial charge in [-0.2, -0.15) is 0 Å². The number of hydrogen-bond acceptors (Lipinski definition) is 2. The maximum atomic E-state index is 13.4. The van der Waals surface area contributed by atoms with Gasteiger partial charge in [0.2, 0.25) is 0 Å². The number of benzene rings is 1. The number of halogens is 2. The molecule has 1 saturated heterocycles. The summed E-state index contributed by atoms with van der Waals surface area (Å²) < 4.78 is 19.4. The van der Waals surface area contributed by atoms with E-state index < -0.39 is 5.82 Å². The van der Waals surface area contributed by atoms with Crippen LogP contribution in [0, 0.1) is 5.82 Å². The second-order valence-corrected chi connectivity index (χ2v) is 6.40. The summed E-state index contributed by atoms with van der Waals surface area (Å²) in [6.45, 7) is 8.23. The third-order valence-electron chi connectivity index (χ3n) is 3.33. The van der Waals surface area contributed by atoms with Crippen LogP contribution in [0.25, 0.3) is 0 Å². The lowest BCUT2D eigenvalue weighted by molar-refractivity contribution is -0.0662. The smallest absolute Gasteiger partial charge is 0.143 e. The van der Waals surface area contributed by atoms with E-state index in [1.807, 2.05) is 13.8 Å². The van der Waals surface area contributed by atoms with Crippen LogP contribution < -0.4 is 5.32 Å². The summed E-state index contributed by atoms with van der Waals surface area (Å²) in [5.74, 6) is -0.405. The number of nitrogens with one attached hydrogen (secondary N) is 1. The minimum absolute atomic E-state index is 0.141. The second-order valence-electron chi connectivity index (χ2n) is 6.00. The molecular weight excluding hydrogens is 253 g/mol. The van der Waals surface area contributed by atoms with Gasteiger partial charge in [0.15, 0.2) is 0 Å². The molecule has 0 aliphatic carbocycles. The Morgan fingerprint density at radius 3 is 2.50 bits per heavy atom. The zero-order chi connectivity index (χ0) is 13.6. The third kappa shape index (κ3) is 2.78. The molecule has 18 heavy (non-hydrogen) atoms. The Balaban J connectivity index is 2.16. The summed E-state index contributed by atoms with van der Waals surface area (Å²) in [4.78, 5) is 0. The van der Waals surface area contributed by atoms with Crippen molar-refractivity contribution >= 4 is 17.3 Å². The molecule has 1 N–H and O–H groups in total. The third-order valence-corrected chi connectivity index (χ3v) is 3.64. The molecule has 1 atom stereocenters. The van der Waals surface area contributed by atoms with Gasteiger partial charge >= 0.3 is 0 Å². The van der Waals surface area contributed by atoms with Crippen LogP contribution in [0.3, 0.4) is 0 Å².